The average molecular weight is 544 g/mol. The van der Waals surface area contributed by atoms with E-state index in [9.17, 15) is 24.6 Å². The highest BCUT2D eigenvalue weighted by Crippen LogP contribution is 2.71. The molecule has 2 amide bonds. The molecule has 8 nitrogen and oxygen atoms in total. The van der Waals surface area contributed by atoms with E-state index in [1.165, 1.54) is 0 Å². The van der Waals surface area contributed by atoms with Crippen LogP contribution in [-0.2, 0) is 14.4 Å². The van der Waals surface area contributed by atoms with Crippen LogP contribution >= 0.6 is 11.8 Å². The Hall–Kier alpha value is -2.52. The second kappa shape index (κ2) is 11.3. The minimum absolute atomic E-state index is 0.0781. The molecule has 1 aromatic carbocycles. The molecule has 1 spiro atoms. The number of rotatable bonds is 13. The van der Waals surface area contributed by atoms with Gasteiger partial charge in [-0.2, -0.15) is 0 Å². The van der Waals surface area contributed by atoms with Crippen molar-refractivity contribution >= 4 is 40.9 Å². The predicted octanol–water partition coefficient (Wildman–Crippen LogP) is 3.78. The highest BCUT2D eigenvalue weighted by atomic mass is 32.2. The van der Waals surface area contributed by atoms with E-state index in [1.807, 2.05) is 31.2 Å². The summed E-state index contributed by atoms with van der Waals surface area (Å²) in [6, 6.07) is 7.15. The third-order valence-corrected chi connectivity index (χ3v) is 10.7. The number of amides is 2. The number of carboxylic acids is 1. The molecule has 3 aliphatic heterocycles. The van der Waals surface area contributed by atoms with Gasteiger partial charge in [0.15, 0.2) is 0 Å². The number of aliphatic hydroxyl groups is 1. The number of carboxylic acid groups (broad SMARTS) is 1. The second-order valence-electron chi connectivity index (χ2n) is 10.8. The number of thioether (sulfide) groups is 1. The largest absolute Gasteiger partial charge is 0.481 e. The summed E-state index contributed by atoms with van der Waals surface area (Å²) in [4.78, 5) is 46.4. The number of nitrogens with zero attached hydrogens (tertiary/aromatic N) is 3. The number of hydrogen-bond acceptors (Lipinski definition) is 6. The summed E-state index contributed by atoms with van der Waals surface area (Å²) in [5, 5.41) is 19.4. The van der Waals surface area contributed by atoms with E-state index in [0.29, 0.717) is 32.2 Å². The van der Waals surface area contributed by atoms with E-state index in [4.69, 9.17) is 0 Å². The van der Waals surface area contributed by atoms with Gasteiger partial charge >= 0.3 is 5.97 Å². The quantitative estimate of drug-likeness (QED) is 0.288. The molecule has 2 bridgehead atoms. The van der Waals surface area contributed by atoms with Crippen LogP contribution in [0.25, 0.3) is 0 Å². The van der Waals surface area contributed by atoms with Crippen LogP contribution in [0.15, 0.2) is 36.9 Å². The van der Waals surface area contributed by atoms with Gasteiger partial charge in [0, 0.05) is 48.9 Å². The highest BCUT2D eigenvalue weighted by molar-refractivity contribution is 8.02. The van der Waals surface area contributed by atoms with Crippen LogP contribution in [0.4, 0.5) is 11.4 Å². The van der Waals surface area contributed by atoms with Gasteiger partial charge in [-0.3, -0.25) is 14.4 Å². The third-order valence-electron chi connectivity index (χ3n) is 8.70. The van der Waals surface area contributed by atoms with E-state index < -0.39 is 33.3 Å². The highest BCUT2D eigenvalue weighted by Gasteiger charge is 2.77. The topological polar surface area (TPSA) is 101 Å². The SMILES string of the molecule is C=CCN(C(=O)C1N(CCCCCO)C(=O)[C@@H]2[C@H](C(=O)O)[C@]3(C)CCC12S3)c1ccc(N(CC)CC)cc1. The van der Waals surface area contributed by atoms with Gasteiger partial charge in [0.2, 0.25) is 5.91 Å². The summed E-state index contributed by atoms with van der Waals surface area (Å²) in [7, 11) is 0. The normalized spacial score (nSPS) is 29.4. The maximum absolute atomic E-state index is 14.5. The van der Waals surface area contributed by atoms with Crippen molar-refractivity contribution in [3.05, 3.63) is 36.9 Å². The average Bonchev–Trinajstić information content (AvgIpc) is 3.46. The summed E-state index contributed by atoms with van der Waals surface area (Å²) in [5.74, 6) is -2.88. The van der Waals surface area contributed by atoms with Crippen LogP contribution in [-0.4, -0.2) is 81.2 Å². The number of hydrogen-bond donors (Lipinski definition) is 2. The van der Waals surface area contributed by atoms with Gasteiger partial charge in [0.25, 0.3) is 5.91 Å². The lowest BCUT2D eigenvalue weighted by Gasteiger charge is -2.37. The first kappa shape index (κ1) is 28.5. The van der Waals surface area contributed by atoms with Crippen molar-refractivity contribution in [2.24, 2.45) is 11.8 Å². The number of carbonyl (C=O) groups excluding carboxylic acids is 2. The molecule has 3 heterocycles. The number of aliphatic hydroxyl groups excluding tert-OH is 1. The standard InChI is InChI=1S/C29H41N3O5S/c1-5-17-31(21-13-11-20(12-14-21)30(6-2)7-3)26(35)24-29-16-15-28(4,38-29)23(27(36)37)22(29)25(34)32(24)18-9-8-10-19-33/h5,11-14,22-24,33H,1,6-10,15-19H2,2-4H3,(H,36,37)/t22-,23+,24?,28-,29?/m0/s1. The molecule has 2 N–H and O–H groups in total. The molecule has 0 radical (unpaired) electrons. The zero-order valence-electron chi connectivity index (χ0n) is 22.8. The number of anilines is 2. The molecule has 0 aliphatic carbocycles. The molecule has 38 heavy (non-hydrogen) atoms. The van der Waals surface area contributed by atoms with Crippen molar-refractivity contribution < 1.29 is 24.6 Å². The first-order chi connectivity index (χ1) is 18.2. The lowest BCUT2D eigenvalue weighted by molar-refractivity contribution is -0.150. The van der Waals surface area contributed by atoms with Crippen LogP contribution in [0.2, 0.25) is 0 Å². The molecule has 9 heteroatoms. The van der Waals surface area contributed by atoms with Crippen LogP contribution in [0.5, 0.6) is 0 Å². The number of benzene rings is 1. The fraction of sp³-hybridized carbons (Fsp3) is 0.621. The fourth-order valence-corrected chi connectivity index (χ4v) is 9.27. The maximum atomic E-state index is 14.5. The molecule has 2 unspecified atom stereocenters. The fourth-order valence-electron chi connectivity index (χ4n) is 6.92. The monoisotopic (exact) mass is 543 g/mol. The van der Waals surface area contributed by atoms with Gasteiger partial charge in [0.05, 0.1) is 16.6 Å². The number of unbranched alkanes of at least 4 members (excludes halogenated alkanes) is 2. The minimum atomic E-state index is -0.955. The van der Waals surface area contributed by atoms with Crippen LogP contribution in [0.3, 0.4) is 0 Å². The van der Waals surface area contributed by atoms with E-state index in [2.05, 4.69) is 25.3 Å². The number of aliphatic carboxylic acids is 1. The van der Waals surface area contributed by atoms with Crippen molar-refractivity contribution in [2.45, 2.75) is 68.4 Å². The van der Waals surface area contributed by atoms with Gasteiger partial charge in [-0.1, -0.05) is 6.08 Å². The predicted molar refractivity (Wildman–Crippen MR) is 152 cm³/mol. The Morgan fingerprint density at radius 1 is 1.13 bits per heavy atom. The first-order valence-electron chi connectivity index (χ1n) is 13.8. The van der Waals surface area contributed by atoms with Crippen LogP contribution in [0, 0.1) is 11.8 Å². The molecule has 4 rings (SSSR count). The Morgan fingerprint density at radius 2 is 1.79 bits per heavy atom. The van der Waals surface area contributed by atoms with Crippen LogP contribution in [0.1, 0.15) is 52.9 Å². The van der Waals surface area contributed by atoms with Gasteiger partial charge in [-0.25, -0.2) is 0 Å². The van der Waals surface area contributed by atoms with Gasteiger partial charge in [-0.15, -0.1) is 18.3 Å². The van der Waals surface area contributed by atoms with E-state index in [0.717, 1.165) is 30.9 Å². The Morgan fingerprint density at radius 3 is 2.37 bits per heavy atom. The Labute approximate surface area is 230 Å². The Balaban J connectivity index is 1.72. The van der Waals surface area contributed by atoms with Crippen molar-refractivity contribution in [3.63, 3.8) is 0 Å². The van der Waals surface area contributed by atoms with E-state index in [1.54, 1.807) is 27.6 Å². The molecule has 1 aromatic rings. The van der Waals surface area contributed by atoms with Crippen LogP contribution < -0.4 is 9.80 Å². The smallest absolute Gasteiger partial charge is 0.308 e. The molecule has 3 aliphatic rings. The summed E-state index contributed by atoms with van der Waals surface area (Å²) in [5.41, 5.74) is 1.81. The number of carbonyl (C=O) groups is 3. The molecule has 0 saturated carbocycles. The zero-order chi connectivity index (χ0) is 27.7. The second-order valence-corrected chi connectivity index (χ2v) is 12.7. The summed E-state index contributed by atoms with van der Waals surface area (Å²) in [6.07, 6.45) is 5.00. The Kier molecular flexibility index (Phi) is 8.47. The lowest BCUT2D eigenvalue weighted by Crippen LogP contribution is -2.55. The van der Waals surface area contributed by atoms with Gasteiger partial charge in [-0.05, 0) is 77.1 Å². The third kappa shape index (κ3) is 4.62. The number of likely N-dealkylation sites (tertiary alicyclic amines) is 1. The van der Waals surface area contributed by atoms with Gasteiger partial charge in [0.1, 0.15) is 6.04 Å². The molecular weight excluding hydrogens is 502 g/mol. The van der Waals surface area contributed by atoms with Crippen molar-refractivity contribution in [1.82, 2.24) is 4.90 Å². The summed E-state index contributed by atoms with van der Waals surface area (Å²) in [6.45, 7) is 12.5. The molecule has 0 aromatic heterocycles. The van der Waals surface area contributed by atoms with E-state index >= 15 is 0 Å². The lowest BCUT2D eigenvalue weighted by atomic mass is 9.66. The molecule has 3 fully saturated rings. The molecule has 3 saturated heterocycles. The molecule has 208 valence electrons. The van der Waals surface area contributed by atoms with Crippen molar-refractivity contribution in [3.8, 4) is 0 Å². The first-order valence-corrected chi connectivity index (χ1v) is 14.6. The molecular formula is C29H41N3O5S. The summed E-state index contributed by atoms with van der Waals surface area (Å²) >= 11 is 1.56. The Bertz CT molecular complexity index is 1060. The maximum Gasteiger partial charge on any atom is 0.308 e. The molecule has 5 atom stereocenters. The number of fused-ring (bicyclic) bond motifs is 1. The van der Waals surface area contributed by atoms with Crippen molar-refractivity contribution in [2.75, 3.05) is 42.6 Å². The van der Waals surface area contributed by atoms with Gasteiger partial charge < -0.3 is 24.9 Å². The van der Waals surface area contributed by atoms with E-state index in [-0.39, 0.29) is 25.0 Å². The minimum Gasteiger partial charge on any atom is -0.481 e. The zero-order valence-corrected chi connectivity index (χ0v) is 23.6. The van der Waals surface area contributed by atoms with Crippen molar-refractivity contribution in [1.29, 1.82) is 0 Å². The summed E-state index contributed by atoms with van der Waals surface area (Å²) < 4.78 is -1.33.